The van der Waals surface area contributed by atoms with Crippen molar-refractivity contribution in [2.75, 3.05) is 19.6 Å². The molecule has 1 atom stereocenters. The number of aryl methyl sites for hydroxylation is 2. The highest BCUT2D eigenvalue weighted by Crippen LogP contribution is 2.23. The molecule has 0 aliphatic heterocycles. The maximum absolute atomic E-state index is 12.7. The van der Waals surface area contributed by atoms with Crippen LogP contribution in [0.4, 0.5) is 0 Å². The summed E-state index contributed by atoms with van der Waals surface area (Å²) in [6.07, 6.45) is 1.68. The molecular formula is C21H27N3O2. The maximum Gasteiger partial charge on any atom is 0.267 e. The monoisotopic (exact) mass is 353 g/mol. The lowest BCUT2D eigenvalue weighted by Gasteiger charge is -2.28. The molecule has 0 aliphatic rings. The average molecular weight is 353 g/mol. The first-order chi connectivity index (χ1) is 12.5. The van der Waals surface area contributed by atoms with Crippen LogP contribution in [0, 0.1) is 13.8 Å². The molecule has 3 rings (SSSR count). The number of nitrogens with zero attached hydrogens (tertiary/aromatic N) is 1. The lowest BCUT2D eigenvalue weighted by atomic mass is 10.1. The first-order valence-corrected chi connectivity index (χ1v) is 9.19. The van der Waals surface area contributed by atoms with Crippen LogP contribution in [0.15, 0.2) is 41.0 Å². The number of carbonyl (C=O) groups excluding carboxylic acids is 1. The van der Waals surface area contributed by atoms with E-state index in [4.69, 9.17) is 4.42 Å². The van der Waals surface area contributed by atoms with Crippen molar-refractivity contribution in [2.45, 2.75) is 33.7 Å². The van der Waals surface area contributed by atoms with E-state index in [9.17, 15) is 4.79 Å². The van der Waals surface area contributed by atoms with Crippen molar-refractivity contribution >= 4 is 16.8 Å². The Morgan fingerprint density at radius 2 is 2.00 bits per heavy atom. The minimum absolute atomic E-state index is 0.0253. The molecule has 0 bridgehead atoms. The molecule has 5 heteroatoms. The first kappa shape index (κ1) is 18.3. The zero-order chi connectivity index (χ0) is 18.7. The molecule has 2 heterocycles. The normalized spacial score (nSPS) is 12.7. The van der Waals surface area contributed by atoms with Gasteiger partial charge >= 0.3 is 0 Å². The Hall–Kier alpha value is -2.53. The Morgan fingerprint density at radius 1 is 1.23 bits per heavy atom. The minimum atomic E-state index is -0.0954. The van der Waals surface area contributed by atoms with Gasteiger partial charge < -0.3 is 14.7 Å². The molecule has 1 unspecified atom stereocenters. The summed E-state index contributed by atoms with van der Waals surface area (Å²) in [5.74, 6) is 0.777. The molecule has 2 N–H and O–H groups in total. The quantitative estimate of drug-likeness (QED) is 0.669. The van der Waals surface area contributed by atoms with E-state index in [2.05, 4.69) is 55.0 Å². The highest BCUT2D eigenvalue weighted by atomic mass is 16.3. The van der Waals surface area contributed by atoms with Gasteiger partial charge in [0.05, 0.1) is 12.3 Å². The van der Waals surface area contributed by atoms with Crippen LogP contribution in [0.3, 0.4) is 0 Å². The third-order valence-corrected chi connectivity index (χ3v) is 4.91. The van der Waals surface area contributed by atoms with Gasteiger partial charge in [0, 0.05) is 17.4 Å². The molecule has 2 aromatic heterocycles. The summed E-state index contributed by atoms with van der Waals surface area (Å²) in [7, 11) is 0. The number of likely N-dealkylation sites (N-methyl/N-ethyl adjacent to an activating group) is 1. The lowest BCUT2D eigenvalue weighted by molar-refractivity contribution is 0.0925. The van der Waals surface area contributed by atoms with Gasteiger partial charge in [-0.2, -0.15) is 0 Å². The second-order valence-electron chi connectivity index (χ2n) is 6.69. The Morgan fingerprint density at radius 3 is 2.65 bits per heavy atom. The lowest BCUT2D eigenvalue weighted by Crippen LogP contribution is -2.38. The van der Waals surface area contributed by atoms with Crippen LogP contribution in [0.2, 0.25) is 0 Å². The van der Waals surface area contributed by atoms with Crippen LogP contribution in [0.25, 0.3) is 10.9 Å². The Labute approximate surface area is 154 Å². The second kappa shape index (κ2) is 7.79. The van der Waals surface area contributed by atoms with E-state index >= 15 is 0 Å². The second-order valence-corrected chi connectivity index (χ2v) is 6.69. The SMILES string of the molecule is CCN(CC)C(CNC(=O)c1cc2c(C)cc(C)cc2[nH]1)c1ccco1. The van der Waals surface area contributed by atoms with Crippen molar-refractivity contribution in [3.05, 3.63) is 59.2 Å². The van der Waals surface area contributed by atoms with Crippen LogP contribution in [-0.4, -0.2) is 35.4 Å². The number of fused-ring (bicyclic) bond motifs is 1. The number of carbonyl (C=O) groups is 1. The van der Waals surface area contributed by atoms with Gasteiger partial charge in [-0.25, -0.2) is 0 Å². The molecule has 1 amide bonds. The van der Waals surface area contributed by atoms with Crippen molar-refractivity contribution in [1.82, 2.24) is 15.2 Å². The molecule has 0 aliphatic carbocycles. The highest BCUT2D eigenvalue weighted by molar-refractivity contribution is 5.99. The van der Waals surface area contributed by atoms with Gasteiger partial charge in [0.15, 0.2) is 0 Å². The van der Waals surface area contributed by atoms with E-state index < -0.39 is 0 Å². The largest absolute Gasteiger partial charge is 0.468 e. The molecule has 3 aromatic rings. The number of aromatic nitrogens is 1. The van der Waals surface area contributed by atoms with Gasteiger partial charge in [-0.1, -0.05) is 19.9 Å². The van der Waals surface area contributed by atoms with E-state index in [1.165, 1.54) is 11.1 Å². The van der Waals surface area contributed by atoms with Crippen molar-refractivity contribution in [3.8, 4) is 0 Å². The number of H-pyrrole nitrogens is 1. The fourth-order valence-corrected chi connectivity index (χ4v) is 3.56. The number of rotatable bonds is 7. The van der Waals surface area contributed by atoms with E-state index in [0.29, 0.717) is 12.2 Å². The molecule has 0 spiro atoms. The summed E-state index contributed by atoms with van der Waals surface area (Å²) >= 11 is 0. The zero-order valence-corrected chi connectivity index (χ0v) is 15.9. The number of hydrogen-bond donors (Lipinski definition) is 2. The summed E-state index contributed by atoms with van der Waals surface area (Å²) < 4.78 is 5.59. The van der Waals surface area contributed by atoms with Crippen molar-refractivity contribution < 1.29 is 9.21 Å². The number of benzene rings is 1. The van der Waals surface area contributed by atoms with Crippen LogP contribution < -0.4 is 5.32 Å². The van der Waals surface area contributed by atoms with E-state index in [-0.39, 0.29) is 11.9 Å². The summed E-state index contributed by atoms with van der Waals surface area (Å²) in [6.45, 7) is 10.6. The van der Waals surface area contributed by atoms with E-state index in [1.807, 2.05) is 18.2 Å². The van der Waals surface area contributed by atoms with Crippen LogP contribution in [-0.2, 0) is 0 Å². The van der Waals surface area contributed by atoms with Crippen molar-refractivity contribution in [1.29, 1.82) is 0 Å². The minimum Gasteiger partial charge on any atom is -0.468 e. The standard InChI is InChI=1S/C21H27N3O2/c1-5-24(6-2)19(20-8-7-9-26-20)13-22-21(25)18-12-16-15(4)10-14(3)11-17(16)23-18/h7-12,19,23H,5-6,13H2,1-4H3,(H,22,25). The number of aromatic amines is 1. The Balaban J connectivity index is 1.77. The first-order valence-electron chi connectivity index (χ1n) is 9.19. The van der Waals surface area contributed by atoms with E-state index in [1.54, 1.807) is 6.26 Å². The Kier molecular flexibility index (Phi) is 5.47. The molecular weight excluding hydrogens is 326 g/mol. The molecule has 1 aromatic carbocycles. The predicted octanol–water partition coefficient (Wildman–Crippen LogP) is 4.19. The number of amides is 1. The van der Waals surface area contributed by atoms with Gasteiger partial charge in [-0.3, -0.25) is 9.69 Å². The number of hydrogen-bond acceptors (Lipinski definition) is 3. The third-order valence-electron chi connectivity index (χ3n) is 4.91. The third kappa shape index (κ3) is 3.68. The summed E-state index contributed by atoms with van der Waals surface area (Å²) in [5.41, 5.74) is 3.94. The van der Waals surface area contributed by atoms with Crippen molar-refractivity contribution in [3.63, 3.8) is 0 Å². The van der Waals surface area contributed by atoms with Crippen LogP contribution in [0.5, 0.6) is 0 Å². The van der Waals surface area contributed by atoms with Gasteiger partial charge in [0.2, 0.25) is 0 Å². The molecule has 0 saturated carbocycles. The molecule has 0 saturated heterocycles. The van der Waals surface area contributed by atoms with Crippen LogP contribution >= 0.6 is 0 Å². The maximum atomic E-state index is 12.7. The number of furan rings is 1. The molecule has 0 fully saturated rings. The molecule has 26 heavy (non-hydrogen) atoms. The van der Waals surface area contributed by atoms with Gasteiger partial charge in [0.25, 0.3) is 5.91 Å². The smallest absolute Gasteiger partial charge is 0.267 e. The topological polar surface area (TPSA) is 61.3 Å². The molecule has 138 valence electrons. The predicted molar refractivity (Wildman–Crippen MR) is 104 cm³/mol. The average Bonchev–Trinajstić information content (AvgIpc) is 3.27. The Bertz CT molecular complexity index is 876. The summed E-state index contributed by atoms with van der Waals surface area (Å²) in [6, 6.07) is 10.0. The highest BCUT2D eigenvalue weighted by Gasteiger charge is 2.22. The fourth-order valence-electron chi connectivity index (χ4n) is 3.56. The van der Waals surface area contributed by atoms with E-state index in [0.717, 1.165) is 29.8 Å². The van der Waals surface area contributed by atoms with Gasteiger partial charge in [-0.15, -0.1) is 0 Å². The fraction of sp³-hybridized carbons (Fsp3) is 0.381. The van der Waals surface area contributed by atoms with Gasteiger partial charge in [-0.05, 0) is 62.3 Å². The molecule has 0 radical (unpaired) electrons. The van der Waals surface area contributed by atoms with Crippen LogP contribution in [0.1, 0.15) is 47.3 Å². The zero-order valence-electron chi connectivity index (χ0n) is 15.9. The molecule has 5 nitrogen and oxygen atoms in total. The van der Waals surface area contributed by atoms with Crippen molar-refractivity contribution in [2.24, 2.45) is 0 Å². The summed E-state index contributed by atoms with van der Waals surface area (Å²) in [4.78, 5) is 18.2. The van der Waals surface area contributed by atoms with Gasteiger partial charge in [0.1, 0.15) is 11.5 Å². The number of nitrogens with one attached hydrogen (secondary N) is 2. The summed E-state index contributed by atoms with van der Waals surface area (Å²) in [5, 5.41) is 4.15.